The van der Waals surface area contributed by atoms with E-state index in [-0.39, 0.29) is 0 Å². The standard InChI is InChI=1S/C14H27N5/c1-17(2)13-16-10-12(19(13)5)9-15-11-14(18(3)4)7-6-8-14/h10,15H,6-9,11H2,1-5H3. The molecule has 1 aromatic heterocycles. The molecule has 0 aromatic carbocycles. The first-order chi connectivity index (χ1) is 8.96. The third kappa shape index (κ3) is 2.77. The molecule has 2 rings (SSSR count). The molecule has 0 spiro atoms. The van der Waals surface area contributed by atoms with Gasteiger partial charge in [-0.15, -0.1) is 0 Å². The molecule has 0 atom stereocenters. The molecule has 1 aliphatic rings. The van der Waals surface area contributed by atoms with Gasteiger partial charge in [0.05, 0.1) is 11.9 Å². The minimum Gasteiger partial charge on any atom is -0.348 e. The summed E-state index contributed by atoms with van der Waals surface area (Å²) in [5, 5.41) is 3.60. The lowest BCUT2D eigenvalue weighted by atomic mass is 9.75. The van der Waals surface area contributed by atoms with Gasteiger partial charge in [0.1, 0.15) is 0 Å². The van der Waals surface area contributed by atoms with Crippen LogP contribution in [0.25, 0.3) is 0 Å². The number of rotatable bonds is 6. The number of aromatic nitrogens is 2. The Labute approximate surface area is 116 Å². The lowest BCUT2D eigenvalue weighted by Crippen LogP contribution is -2.56. The number of nitrogens with one attached hydrogen (secondary N) is 1. The molecule has 0 saturated heterocycles. The summed E-state index contributed by atoms with van der Waals surface area (Å²) in [5.74, 6) is 1.00. The third-order valence-corrected chi connectivity index (χ3v) is 4.45. The Bertz CT molecular complexity index is 417. The highest BCUT2D eigenvalue weighted by atomic mass is 15.3. The predicted octanol–water partition coefficient (Wildman–Crippen LogP) is 1.06. The normalized spacial score (nSPS) is 17.6. The van der Waals surface area contributed by atoms with Crippen molar-refractivity contribution in [3.8, 4) is 0 Å². The lowest BCUT2D eigenvalue weighted by Gasteiger charge is -2.47. The number of imidazole rings is 1. The summed E-state index contributed by atoms with van der Waals surface area (Å²) in [4.78, 5) is 8.85. The van der Waals surface area contributed by atoms with Gasteiger partial charge in [-0.2, -0.15) is 0 Å². The topological polar surface area (TPSA) is 36.3 Å². The van der Waals surface area contributed by atoms with E-state index >= 15 is 0 Å². The zero-order chi connectivity index (χ0) is 14.0. The number of hydrogen-bond donors (Lipinski definition) is 1. The average molecular weight is 265 g/mol. The maximum absolute atomic E-state index is 4.44. The Morgan fingerprint density at radius 2 is 2.00 bits per heavy atom. The Morgan fingerprint density at radius 3 is 2.42 bits per heavy atom. The maximum Gasteiger partial charge on any atom is 0.204 e. The third-order valence-electron chi connectivity index (χ3n) is 4.45. The monoisotopic (exact) mass is 265 g/mol. The second-order valence-electron chi connectivity index (χ2n) is 6.08. The lowest BCUT2D eigenvalue weighted by molar-refractivity contribution is 0.0597. The van der Waals surface area contributed by atoms with Crippen LogP contribution in [0.4, 0.5) is 5.95 Å². The first-order valence-corrected chi connectivity index (χ1v) is 7.02. The molecule has 5 heteroatoms. The molecule has 0 unspecified atom stereocenters. The van der Waals surface area contributed by atoms with Gasteiger partial charge in [0.25, 0.3) is 0 Å². The molecule has 1 saturated carbocycles. The van der Waals surface area contributed by atoms with E-state index in [2.05, 4.69) is 40.9 Å². The van der Waals surface area contributed by atoms with Gasteiger partial charge in [0.15, 0.2) is 0 Å². The summed E-state index contributed by atoms with van der Waals surface area (Å²) in [6.07, 6.45) is 5.93. The van der Waals surface area contributed by atoms with Gasteiger partial charge in [-0.25, -0.2) is 4.98 Å². The maximum atomic E-state index is 4.44. The molecule has 0 bridgehead atoms. The summed E-state index contributed by atoms with van der Waals surface area (Å²) in [6.45, 7) is 1.94. The predicted molar refractivity (Wildman–Crippen MR) is 79.5 cm³/mol. The summed E-state index contributed by atoms with van der Waals surface area (Å²) >= 11 is 0. The van der Waals surface area contributed by atoms with Crippen LogP contribution in [0.3, 0.4) is 0 Å². The van der Waals surface area contributed by atoms with Crippen LogP contribution in [0.1, 0.15) is 25.0 Å². The van der Waals surface area contributed by atoms with Gasteiger partial charge in [0.2, 0.25) is 5.95 Å². The van der Waals surface area contributed by atoms with Gasteiger partial charge in [-0.1, -0.05) is 0 Å². The van der Waals surface area contributed by atoms with Crippen LogP contribution in [0.15, 0.2) is 6.20 Å². The highest BCUT2D eigenvalue weighted by Crippen LogP contribution is 2.35. The molecule has 108 valence electrons. The molecule has 0 aliphatic heterocycles. The van der Waals surface area contributed by atoms with Crippen molar-refractivity contribution >= 4 is 5.95 Å². The van der Waals surface area contributed by atoms with Crippen molar-refractivity contribution < 1.29 is 0 Å². The molecule has 1 aromatic rings. The van der Waals surface area contributed by atoms with E-state index in [9.17, 15) is 0 Å². The van der Waals surface area contributed by atoms with Crippen molar-refractivity contribution in [2.75, 3.05) is 39.6 Å². The SMILES string of the molecule is CN(C)c1ncc(CNCC2(N(C)C)CCC2)n1C. The van der Waals surface area contributed by atoms with Crippen LogP contribution >= 0.6 is 0 Å². The second kappa shape index (κ2) is 5.51. The Balaban J connectivity index is 1.89. The number of nitrogens with zero attached hydrogens (tertiary/aromatic N) is 4. The van der Waals surface area contributed by atoms with Crippen molar-refractivity contribution in [3.63, 3.8) is 0 Å². The van der Waals surface area contributed by atoms with Crippen molar-refractivity contribution in [2.45, 2.75) is 31.3 Å². The smallest absolute Gasteiger partial charge is 0.204 e. The fourth-order valence-corrected chi connectivity index (χ4v) is 2.80. The average Bonchev–Trinajstić information content (AvgIpc) is 2.63. The second-order valence-corrected chi connectivity index (χ2v) is 6.08. The Morgan fingerprint density at radius 1 is 1.32 bits per heavy atom. The summed E-state index contributed by atoms with van der Waals surface area (Å²) < 4.78 is 2.15. The van der Waals surface area contributed by atoms with E-state index in [4.69, 9.17) is 0 Å². The molecule has 0 radical (unpaired) electrons. The fraction of sp³-hybridized carbons (Fsp3) is 0.786. The van der Waals surface area contributed by atoms with Crippen LogP contribution in [-0.4, -0.2) is 54.7 Å². The molecule has 1 heterocycles. The molecule has 1 aliphatic carbocycles. The first kappa shape index (κ1) is 14.3. The minimum atomic E-state index is 0.378. The Kier molecular flexibility index (Phi) is 4.16. The van der Waals surface area contributed by atoms with Crippen molar-refractivity contribution in [1.29, 1.82) is 0 Å². The van der Waals surface area contributed by atoms with Gasteiger partial charge < -0.3 is 19.7 Å². The van der Waals surface area contributed by atoms with E-state index in [1.807, 2.05) is 25.2 Å². The van der Waals surface area contributed by atoms with Gasteiger partial charge in [0, 0.05) is 39.8 Å². The van der Waals surface area contributed by atoms with E-state index in [0.717, 1.165) is 19.0 Å². The molecular formula is C14H27N5. The number of hydrogen-bond acceptors (Lipinski definition) is 4. The van der Waals surface area contributed by atoms with Gasteiger partial charge >= 0.3 is 0 Å². The van der Waals surface area contributed by atoms with E-state index < -0.39 is 0 Å². The molecule has 5 nitrogen and oxygen atoms in total. The summed E-state index contributed by atoms with van der Waals surface area (Å²) in [7, 11) is 10.5. The zero-order valence-corrected chi connectivity index (χ0v) is 12.9. The summed E-state index contributed by atoms with van der Waals surface area (Å²) in [5.41, 5.74) is 1.61. The van der Waals surface area contributed by atoms with Gasteiger partial charge in [-0.05, 0) is 33.4 Å². The van der Waals surface area contributed by atoms with Gasteiger partial charge in [-0.3, -0.25) is 0 Å². The molecule has 1 fully saturated rings. The van der Waals surface area contributed by atoms with E-state index in [1.165, 1.54) is 25.0 Å². The van der Waals surface area contributed by atoms with Crippen LogP contribution < -0.4 is 10.2 Å². The zero-order valence-electron chi connectivity index (χ0n) is 12.9. The number of anilines is 1. The molecular weight excluding hydrogens is 238 g/mol. The largest absolute Gasteiger partial charge is 0.348 e. The molecule has 19 heavy (non-hydrogen) atoms. The quantitative estimate of drug-likeness (QED) is 0.834. The van der Waals surface area contributed by atoms with Crippen molar-refractivity contribution in [1.82, 2.24) is 19.8 Å². The Hall–Kier alpha value is -1.07. The van der Waals surface area contributed by atoms with Crippen LogP contribution in [0, 0.1) is 0 Å². The molecule has 1 N–H and O–H groups in total. The fourth-order valence-electron chi connectivity index (χ4n) is 2.80. The van der Waals surface area contributed by atoms with Crippen molar-refractivity contribution in [3.05, 3.63) is 11.9 Å². The van der Waals surface area contributed by atoms with Crippen LogP contribution in [-0.2, 0) is 13.6 Å². The first-order valence-electron chi connectivity index (χ1n) is 7.02. The number of likely N-dealkylation sites (N-methyl/N-ethyl adjacent to an activating group) is 1. The minimum absolute atomic E-state index is 0.378. The van der Waals surface area contributed by atoms with E-state index in [0.29, 0.717) is 5.54 Å². The molecule has 0 amide bonds. The van der Waals surface area contributed by atoms with Crippen molar-refractivity contribution in [2.24, 2.45) is 7.05 Å². The van der Waals surface area contributed by atoms with Crippen LogP contribution in [0.5, 0.6) is 0 Å². The van der Waals surface area contributed by atoms with E-state index in [1.54, 1.807) is 0 Å². The summed E-state index contributed by atoms with van der Waals surface area (Å²) in [6, 6.07) is 0. The highest BCUT2D eigenvalue weighted by molar-refractivity contribution is 5.30. The van der Waals surface area contributed by atoms with Crippen LogP contribution in [0.2, 0.25) is 0 Å². The highest BCUT2D eigenvalue weighted by Gasteiger charge is 2.38.